The molecule has 0 aliphatic carbocycles. The molecule has 13 heavy (non-hydrogen) atoms. The SMILES string of the molecule is [B]N1CCC(F)(C2OC(C)O2)CC1. The Balaban J connectivity index is 1.90. The second-order valence-electron chi connectivity index (χ2n) is 3.74. The van der Waals surface area contributed by atoms with E-state index in [1.54, 1.807) is 11.7 Å². The molecule has 2 heterocycles. The van der Waals surface area contributed by atoms with Crippen LogP contribution < -0.4 is 0 Å². The highest BCUT2D eigenvalue weighted by atomic mass is 19.1. The Morgan fingerprint density at radius 1 is 1.38 bits per heavy atom. The quantitative estimate of drug-likeness (QED) is 0.558. The molecule has 72 valence electrons. The molecule has 2 radical (unpaired) electrons. The van der Waals surface area contributed by atoms with Gasteiger partial charge in [-0.05, 0) is 32.9 Å². The summed E-state index contributed by atoms with van der Waals surface area (Å²) in [4.78, 5) is 1.62. The molecule has 0 saturated carbocycles. The molecule has 0 aromatic heterocycles. The van der Waals surface area contributed by atoms with Crippen LogP contribution in [-0.2, 0) is 9.47 Å². The van der Waals surface area contributed by atoms with Gasteiger partial charge in [0.2, 0.25) is 0 Å². The van der Waals surface area contributed by atoms with Crippen molar-refractivity contribution in [1.82, 2.24) is 4.81 Å². The van der Waals surface area contributed by atoms with Crippen LogP contribution in [-0.4, -0.2) is 44.1 Å². The number of alkyl halides is 1. The Bertz CT molecular complexity index is 191. The average Bonchev–Trinajstić information content (AvgIpc) is 2.05. The van der Waals surface area contributed by atoms with E-state index in [0.29, 0.717) is 25.9 Å². The highest BCUT2D eigenvalue weighted by Gasteiger charge is 2.48. The maximum Gasteiger partial charge on any atom is 0.197 e. The molecule has 2 rings (SSSR count). The number of hydrogen-bond donors (Lipinski definition) is 0. The van der Waals surface area contributed by atoms with Crippen LogP contribution in [0.3, 0.4) is 0 Å². The van der Waals surface area contributed by atoms with Gasteiger partial charge in [0.25, 0.3) is 0 Å². The first-order chi connectivity index (χ1) is 6.10. The summed E-state index contributed by atoms with van der Waals surface area (Å²) in [6.45, 7) is 2.89. The fourth-order valence-corrected chi connectivity index (χ4v) is 1.73. The van der Waals surface area contributed by atoms with Crippen LogP contribution in [0.5, 0.6) is 0 Å². The van der Waals surface area contributed by atoms with Crippen LogP contribution >= 0.6 is 0 Å². The molecule has 0 aromatic rings. The predicted molar refractivity (Wildman–Crippen MR) is 45.8 cm³/mol. The van der Waals surface area contributed by atoms with Gasteiger partial charge in [-0.3, -0.25) is 0 Å². The van der Waals surface area contributed by atoms with Gasteiger partial charge < -0.3 is 14.3 Å². The summed E-state index contributed by atoms with van der Waals surface area (Å²) in [6, 6.07) is 0. The minimum Gasteiger partial charge on any atom is -0.353 e. The lowest BCUT2D eigenvalue weighted by Crippen LogP contribution is -2.56. The first-order valence-corrected chi connectivity index (χ1v) is 4.60. The number of hydrogen-bond acceptors (Lipinski definition) is 3. The topological polar surface area (TPSA) is 21.7 Å². The second kappa shape index (κ2) is 3.22. The van der Waals surface area contributed by atoms with Gasteiger partial charge in [0.05, 0.1) is 0 Å². The van der Waals surface area contributed by atoms with Crippen molar-refractivity contribution in [3.05, 3.63) is 0 Å². The molecule has 2 fully saturated rings. The molecular formula is C8H13BFNO2. The molecule has 5 heteroatoms. The van der Waals surface area contributed by atoms with Gasteiger partial charge >= 0.3 is 0 Å². The van der Waals surface area contributed by atoms with Crippen LogP contribution in [0.4, 0.5) is 4.39 Å². The van der Waals surface area contributed by atoms with Gasteiger partial charge in [-0.1, -0.05) is 0 Å². The summed E-state index contributed by atoms with van der Waals surface area (Å²) < 4.78 is 24.4. The van der Waals surface area contributed by atoms with Gasteiger partial charge in [-0.25, -0.2) is 4.39 Å². The van der Waals surface area contributed by atoms with Crippen molar-refractivity contribution < 1.29 is 13.9 Å². The Kier molecular flexibility index (Phi) is 2.34. The van der Waals surface area contributed by atoms with Crippen molar-refractivity contribution in [2.75, 3.05) is 13.1 Å². The molecule has 2 saturated heterocycles. The van der Waals surface area contributed by atoms with Gasteiger partial charge in [0, 0.05) is 0 Å². The molecule has 0 N–H and O–H groups in total. The summed E-state index contributed by atoms with van der Waals surface area (Å²) in [7, 11) is 5.53. The number of halogens is 1. The third-order valence-corrected chi connectivity index (χ3v) is 2.68. The molecule has 0 unspecified atom stereocenters. The Hall–Kier alpha value is -0.125. The summed E-state index contributed by atoms with van der Waals surface area (Å²) in [5, 5.41) is 0. The largest absolute Gasteiger partial charge is 0.353 e. The number of ether oxygens (including phenoxy) is 2. The van der Waals surface area contributed by atoms with Crippen LogP contribution in [0.15, 0.2) is 0 Å². The van der Waals surface area contributed by atoms with Gasteiger partial charge in [-0.15, -0.1) is 0 Å². The van der Waals surface area contributed by atoms with E-state index in [-0.39, 0.29) is 6.29 Å². The van der Waals surface area contributed by atoms with E-state index in [1.807, 2.05) is 0 Å². The van der Waals surface area contributed by atoms with Gasteiger partial charge in [0.1, 0.15) is 0 Å². The minimum absolute atomic E-state index is 0.256. The molecular weight excluding hydrogens is 172 g/mol. The zero-order valence-electron chi connectivity index (χ0n) is 7.70. The standard InChI is InChI=1S/C8H13BFNO2/c1-6-12-7(13-6)8(10)2-4-11(9)5-3-8/h6-7H,2-5H2,1H3. The summed E-state index contributed by atoms with van der Waals surface area (Å²) in [5.41, 5.74) is -1.33. The fourth-order valence-electron chi connectivity index (χ4n) is 1.73. The third-order valence-electron chi connectivity index (χ3n) is 2.68. The maximum absolute atomic E-state index is 14.0. The van der Waals surface area contributed by atoms with E-state index >= 15 is 0 Å². The van der Waals surface area contributed by atoms with Crippen LogP contribution in [0.2, 0.25) is 0 Å². The molecule has 2 aliphatic heterocycles. The molecule has 0 amide bonds. The zero-order chi connectivity index (χ0) is 9.47. The van der Waals surface area contributed by atoms with E-state index in [0.717, 1.165) is 0 Å². The lowest BCUT2D eigenvalue weighted by Gasteiger charge is -2.45. The van der Waals surface area contributed by atoms with Crippen LogP contribution in [0.1, 0.15) is 19.8 Å². The van der Waals surface area contributed by atoms with Crippen molar-refractivity contribution >= 4 is 7.98 Å². The smallest absolute Gasteiger partial charge is 0.197 e. The van der Waals surface area contributed by atoms with Gasteiger partial charge in [-0.2, -0.15) is 0 Å². The Labute approximate surface area is 78.6 Å². The minimum atomic E-state index is -1.33. The van der Waals surface area contributed by atoms with Crippen LogP contribution in [0.25, 0.3) is 0 Å². The zero-order valence-corrected chi connectivity index (χ0v) is 7.70. The Morgan fingerprint density at radius 2 is 1.92 bits per heavy atom. The third kappa shape index (κ3) is 1.73. The number of rotatable bonds is 1. The van der Waals surface area contributed by atoms with E-state index in [1.165, 1.54) is 0 Å². The molecule has 3 nitrogen and oxygen atoms in total. The van der Waals surface area contributed by atoms with Crippen molar-refractivity contribution in [1.29, 1.82) is 0 Å². The lowest BCUT2D eigenvalue weighted by molar-refractivity contribution is -0.412. The fraction of sp³-hybridized carbons (Fsp3) is 1.00. The second-order valence-corrected chi connectivity index (χ2v) is 3.74. The first-order valence-electron chi connectivity index (χ1n) is 4.60. The summed E-state index contributed by atoms with van der Waals surface area (Å²) in [5.74, 6) is 0. The van der Waals surface area contributed by atoms with Crippen molar-refractivity contribution in [3.8, 4) is 0 Å². The van der Waals surface area contributed by atoms with Crippen molar-refractivity contribution in [2.45, 2.75) is 38.0 Å². The lowest BCUT2D eigenvalue weighted by atomic mass is 9.90. The molecule has 0 spiro atoms. The van der Waals surface area contributed by atoms with E-state index in [4.69, 9.17) is 17.5 Å². The summed E-state index contributed by atoms with van der Waals surface area (Å²) >= 11 is 0. The molecule has 0 bridgehead atoms. The number of piperidine rings is 1. The maximum atomic E-state index is 14.0. The van der Waals surface area contributed by atoms with Crippen molar-refractivity contribution in [2.24, 2.45) is 0 Å². The Morgan fingerprint density at radius 3 is 2.38 bits per heavy atom. The van der Waals surface area contributed by atoms with Gasteiger partial charge in [0.15, 0.2) is 26.2 Å². The van der Waals surface area contributed by atoms with E-state index in [9.17, 15) is 4.39 Å². The molecule has 2 aliphatic rings. The molecule has 0 atom stereocenters. The highest BCUT2D eigenvalue weighted by molar-refractivity contribution is 6.04. The monoisotopic (exact) mass is 185 g/mol. The average molecular weight is 185 g/mol. The summed E-state index contributed by atoms with van der Waals surface area (Å²) in [6.07, 6.45) is -0.147. The molecule has 0 aromatic carbocycles. The van der Waals surface area contributed by atoms with E-state index in [2.05, 4.69) is 0 Å². The number of nitrogens with zero attached hydrogens (tertiary/aromatic N) is 1. The van der Waals surface area contributed by atoms with Crippen molar-refractivity contribution in [3.63, 3.8) is 0 Å². The first kappa shape index (κ1) is 9.43. The normalized spacial score (nSPS) is 39.8. The van der Waals surface area contributed by atoms with Crippen LogP contribution in [0, 0.1) is 0 Å². The highest BCUT2D eigenvalue weighted by Crippen LogP contribution is 2.37. The van der Waals surface area contributed by atoms with E-state index < -0.39 is 12.0 Å². The predicted octanol–water partition coefficient (Wildman–Crippen LogP) is 0.593.